The van der Waals surface area contributed by atoms with Gasteiger partial charge >= 0.3 is 6.18 Å². The van der Waals surface area contributed by atoms with E-state index in [1.807, 2.05) is 0 Å². The Morgan fingerprint density at radius 3 is 2.33 bits per heavy atom. The summed E-state index contributed by atoms with van der Waals surface area (Å²) in [5, 5.41) is 10.9. The minimum atomic E-state index is -4.68. The van der Waals surface area contributed by atoms with Crippen molar-refractivity contribution in [1.29, 1.82) is 5.26 Å². The van der Waals surface area contributed by atoms with Gasteiger partial charge in [0.05, 0.1) is 28.9 Å². The van der Waals surface area contributed by atoms with E-state index in [4.69, 9.17) is 11.0 Å². The normalized spacial score (nSPS) is 13.4. The van der Waals surface area contributed by atoms with Crippen LogP contribution in [0.1, 0.15) is 31.9 Å². The largest absolute Gasteiger partial charge is 0.418 e. The predicted molar refractivity (Wildman–Crippen MR) is 72.2 cm³/mol. The van der Waals surface area contributed by atoms with Crippen LogP contribution < -0.4 is 11.1 Å². The van der Waals surface area contributed by atoms with Crippen LogP contribution in [0.4, 0.5) is 18.9 Å². The number of halogens is 3. The Kier molecular flexibility index (Phi) is 4.64. The van der Waals surface area contributed by atoms with Gasteiger partial charge in [-0.3, -0.25) is 4.79 Å². The number of rotatable bonds is 2. The second-order valence-corrected chi connectivity index (χ2v) is 5.70. The molecule has 21 heavy (non-hydrogen) atoms. The van der Waals surface area contributed by atoms with Gasteiger partial charge in [-0.2, -0.15) is 18.4 Å². The lowest BCUT2D eigenvalue weighted by Crippen LogP contribution is -2.45. The molecule has 4 nitrogen and oxygen atoms in total. The first-order chi connectivity index (χ1) is 9.46. The van der Waals surface area contributed by atoms with Crippen LogP contribution in [0.5, 0.6) is 0 Å². The number of carbonyl (C=O) groups excluding carboxylic acids is 1. The first kappa shape index (κ1) is 17.0. The standard InChI is InChI=1S/C14H16F3N3O/c1-13(2,3)11(19)12(21)20-10-5-4-8(7-18)6-9(10)14(15,16)17/h4-6,11H,19H2,1-3H3,(H,20,21)/t11-/m1/s1. The molecule has 7 heteroatoms. The summed E-state index contributed by atoms with van der Waals surface area (Å²) in [4.78, 5) is 11.9. The highest BCUT2D eigenvalue weighted by atomic mass is 19.4. The maximum Gasteiger partial charge on any atom is 0.418 e. The third-order valence-electron chi connectivity index (χ3n) is 2.93. The van der Waals surface area contributed by atoms with Gasteiger partial charge in [-0.05, 0) is 23.6 Å². The quantitative estimate of drug-likeness (QED) is 0.881. The number of carbonyl (C=O) groups is 1. The predicted octanol–water partition coefficient (Wildman–Crippen LogP) is 2.89. The Bertz CT molecular complexity index is 583. The van der Waals surface area contributed by atoms with E-state index in [1.54, 1.807) is 26.8 Å². The molecule has 1 atom stereocenters. The number of amides is 1. The zero-order chi connectivity index (χ0) is 16.4. The molecule has 0 aromatic heterocycles. The van der Waals surface area contributed by atoms with Crippen LogP contribution in [0.15, 0.2) is 18.2 Å². The average molecular weight is 299 g/mol. The lowest BCUT2D eigenvalue weighted by molar-refractivity contribution is -0.137. The highest BCUT2D eigenvalue weighted by molar-refractivity contribution is 5.96. The Balaban J connectivity index is 3.15. The molecule has 1 amide bonds. The zero-order valence-electron chi connectivity index (χ0n) is 11.9. The maximum absolute atomic E-state index is 13.0. The van der Waals surface area contributed by atoms with Gasteiger partial charge in [0.2, 0.25) is 5.91 Å². The molecule has 1 aromatic carbocycles. The number of nitrogens with one attached hydrogen (secondary N) is 1. The first-order valence-corrected chi connectivity index (χ1v) is 6.14. The van der Waals surface area contributed by atoms with Gasteiger partial charge in [0, 0.05) is 0 Å². The van der Waals surface area contributed by atoms with Gasteiger partial charge in [0.1, 0.15) is 0 Å². The lowest BCUT2D eigenvalue weighted by Gasteiger charge is -2.26. The fourth-order valence-corrected chi connectivity index (χ4v) is 1.56. The van der Waals surface area contributed by atoms with Crippen LogP contribution in [-0.2, 0) is 11.0 Å². The Labute approximate surface area is 120 Å². The summed E-state index contributed by atoms with van der Waals surface area (Å²) in [6.45, 7) is 5.13. The van der Waals surface area contributed by atoms with E-state index in [9.17, 15) is 18.0 Å². The summed E-state index contributed by atoms with van der Waals surface area (Å²) >= 11 is 0. The molecular formula is C14H16F3N3O. The van der Waals surface area contributed by atoms with Crippen molar-refractivity contribution in [2.75, 3.05) is 5.32 Å². The van der Waals surface area contributed by atoms with E-state index >= 15 is 0 Å². The van der Waals surface area contributed by atoms with E-state index in [0.717, 1.165) is 6.07 Å². The summed E-state index contributed by atoms with van der Waals surface area (Å²) in [5.74, 6) is -0.710. The Morgan fingerprint density at radius 1 is 1.33 bits per heavy atom. The fraction of sp³-hybridized carbons (Fsp3) is 0.429. The van der Waals surface area contributed by atoms with E-state index < -0.39 is 34.8 Å². The minimum Gasteiger partial charge on any atom is -0.324 e. The summed E-state index contributed by atoms with van der Waals surface area (Å²) in [7, 11) is 0. The van der Waals surface area contributed by atoms with Gasteiger partial charge in [-0.25, -0.2) is 0 Å². The molecule has 0 fully saturated rings. The van der Waals surface area contributed by atoms with Gasteiger partial charge < -0.3 is 11.1 Å². The zero-order valence-corrected chi connectivity index (χ0v) is 11.9. The highest BCUT2D eigenvalue weighted by Gasteiger charge is 2.35. The third kappa shape index (κ3) is 4.20. The Morgan fingerprint density at radius 2 is 1.90 bits per heavy atom. The molecule has 0 aliphatic carbocycles. The molecule has 0 bridgehead atoms. The van der Waals surface area contributed by atoms with Crippen LogP contribution in [0.2, 0.25) is 0 Å². The second-order valence-electron chi connectivity index (χ2n) is 5.70. The monoisotopic (exact) mass is 299 g/mol. The second kappa shape index (κ2) is 5.74. The van der Waals surface area contributed by atoms with Crippen molar-refractivity contribution in [3.8, 4) is 6.07 Å². The van der Waals surface area contributed by atoms with Crippen molar-refractivity contribution in [2.24, 2.45) is 11.1 Å². The molecule has 0 unspecified atom stereocenters. The molecular weight excluding hydrogens is 283 g/mol. The van der Waals surface area contributed by atoms with E-state index in [0.29, 0.717) is 6.07 Å². The van der Waals surface area contributed by atoms with Gasteiger partial charge in [-0.1, -0.05) is 20.8 Å². The summed E-state index contributed by atoms with van der Waals surface area (Å²) in [6, 6.07) is 3.61. The van der Waals surface area contributed by atoms with Crippen LogP contribution in [0, 0.1) is 16.7 Å². The molecule has 0 radical (unpaired) electrons. The van der Waals surface area contributed by atoms with E-state index in [2.05, 4.69) is 5.32 Å². The molecule has 0 saturated carbocycles. The Hall–Kier alpha value is -2.07. The molecule has 1 aromatic rings. The van der Waals surface area contributed by atoms with Gasteiger partial charge in [0.25, 0.3) is 0 Å². The van der Waals surface area contributed by atoms with Gasteiger partial charge in [0.15, 0.2) is 0 Å². The number of hydrogen-bond donors (Lipinski definition) is 2. The number of anilines is 1. The highest BCUT2D eigenvalue weighted by Crippen LogP contribution is 2.35. The van der Waals surface area contributed by atoms with Crippen molar-refractivity contribution in [2.45, 2.75) is 33.0 Å². The summed E-state index contributed by atoms with van der Waals surface area (Å²) in [5.41, 5.74) is 3.50. The van der Waals surface area contributed by atoms with Crippen molar-refractivity contribution in [3.63, 3.8) is 0 Å². The molecule has 0 spiro atoms. The van der Waals surface area contributed by atoms with E-state index in [-0.39, 0.29) is 5.56 Å². The number of nitrogens with two attached hydrogens (primary N) is 1. The van der Waals surface area contributed by atoms with E-state index in [1.165, 1.54) is 6.07 Å². The lowest BCUT2D eigenvalue weighted by atomic mass is 9.87. The summed E-state index contributed by atoms with van der Waals surface area (Å²) < 4.78 is 38.9. The average Bonchev–Trinajstić information content (AvgIpc) is 2.35. The van der Waals surface area contributed by atoms with Crippen LogP contribution >= 0.6 is 0 Å². The molecule has 1 rings (SSSR count). The van der Waals surface area contributed by atoms with Crippen LogP contribution in [0.25, 0.3) is 0 Å². The van der Waals surface area contributed by atoms with Crippen LogP contribution in [-0.4, -0.2) is 11.9 Å². The smallest absolute Gasteiger partial charge is 0.324 e. The topological polar surface area (TPSA) is 78.9 Å². The van der Waals surface area contributed by atoms with Crippen molar-refractivity contribution >= 4 is 11.6 Å². The molecule has 0 aliphatic heterocycles. The van der Waals surface area contributed by atoms with Crippen molar-refractivity contribution in [3.05, 3.63) is 29.3 Å². The first-order valence-electron chi connectivity index (χ1n) is 6.14. The van der Waals surface area contributed by atoms with Crippen molar-refractivity contribution < 1.29 is 18.0 Å². The number of nitriles is 1. The molecule has 0 aliphatic rings. The van der Waals surface area contributed by atoms with Crippen molar-refractivity contribution in [1.82, 2.24) is 0 Å². The maximum atomic E-state index is 13.0. The number of alkyl halides is 3. The number of benzene rings is 1. The SMILES string of the molecule is CC(C)(C)[C@H](N)C(=O)Nc1ccc(C#N)cc1C(F)(F)F. The third-order valence-corrected chi connectivity index (χ3v) is 2.93. The minimum absolute atomic E-state index is 0.138. The van der Waals surface area contributed by atoms with Crippen LogP contribution in [0.3, 0.4) is 0 Å². The molecule has 0 heterocycles. The molecule has 3 N–H and O–H groups in total. The number of hydrogen-bond acceptors (Lipinski definition) is 3. The van der Waals surface area contributed by atoms with Gasteiger partial charge in [-0.15, -0.1) is 0 Å². The summed E-state index contributed by atoms with van der Waals surface area (Å²) in [6.07, 6.45) is -4.68. The molecule has 0 saturated heterocycles. The fourth-order valence-electron chi connectivity index (χ4n) is 1.56. The molecule has 114 valence electrons. The number of nitrogens with zero attached hydrogens (tertiary/aromatic N) is 1.